The summed E-state index contributed by atoms with van der Waals surface area (Å²) in [6, 6.07) is 9.01. The fraction of sp³-hybridized carbons (Fsp3) is 0.588. The lowest BCUT2D eigenvalue weighted by Crippen LogP contribution is -2.40. The summed E-state index contributed by atoms with van der Waals surface area (Å²) in [6.07, 6.45) is 32.0. The summed E-state index contributed by atoms with van der Waals surface area (Å²) < 4.78 is 44.3. The first-order valence-electron chi connectivity index (χ1n) is 32.5. The number of benzene rings is 2. The van der Waals surface area contributed by atoms with E-state index in [4.69, 9.17) is 22.3 Å². The number of piperidine rings is 4. The molecule has 10 rings (SSSR count). The first-order chi connectivity index (χ1) is 44.7. The molecule has 6 N–H and O–H groups in total. The van der Waals surface area contributed by atoms with Gasteiger partial charge in [-0.25, -0.2) is 18.1 Å². The molecule has 5 atom stereocenters. The van der Waals surface area contributed by atoms with E-state index in [2.05, 4.69) is 76.3 Å². The van der Waals surface area contributed by atoms with Gasteiger partial charge in [-0.2, -0.15) is 0 Å². The van der Waals surface area contributed by atoms with Crippen molar-refractivity contribution in [1.82, 2.24) is 51.3 Å². The molecule has 2 aliphatic carbocycles. The number of imide groups is 4. The zero-order valence-corrected chi connectivity index (χ0v) is 55.5. The first-order valence-corrected chi connectivity index (χ1v) is 34.0. The van der Waals surface area contributed by atoms with Gasteiger partial charge >= 0.3 is 0 Å². The number of hydrogen-bond acceptors (Lipinski definition) is 16. The number of alkyl halides is 1. The molecule has 6 aliphatic rings. The summed E-state index contributed by atoms with van der Waals surface area (Å²) in [7, 11) is 0. The Balaban J connectivity index is 0.000000212. The molecule has 6 fully saturated rings. The molecule has 2 saturated carbocycles. The highest BCUT2D eigenvalue weighted by Gasteiger charge is 2.34. The maximum Gasteiger partial charge on any atom is 0.229 e. The van der Waals surface area contributed by atoms with Gasteiger partial charge in [-0.1, -0.05) is 59.0 Å². The molecule has 4 saturated heterocycles. The molecule has 4 aromatic rings. The van der Waals surface area contributed by atoms with E-state index < -0.39 is 22.8 Å². The van der Waals surface area contributed by atoms with Crippen molar-refractivity contribution in [2.24, 2.45) is 29.6 Å². The zero-order chi connectivity index (χ0) is 67.3. The van der Waals surface area contributed by atoms with Crippen LogP contribution in [-0.2, 0) is 75.5 Å². The molecule has 25 heteroatoms. The van der Waals surface area contributed by atoms with Gasteiger partial charge in [-0.15, -0.1) is 34.9 Å². The molecule has 22 nitrogen and oxygen atoms in total. The Morgan fingerprint density at radius 3 is 1.26 bits per heavy atom. The Bertz CT molecular complexity index is 3090. The molecule has 504 valence electrons. The molecule has 0 bridgehead atoms. The summed E-state index contributed by atoms with van der Waals surface area (Å²) >= 11 is 2.32. The number of aromatic nitrogens is 6. The lowest BCUT2D eigenvalue weighted by molar-refractivity contribution is -0.138. The number of nitrogens with one attached hydrogen (secondary N) is 4. The number of carbonyl (C=O) groups is 8. The van der Waals surface area contributed by atoms with Gasteiger partial charge in [-0.05, 0) is 169 Å². The van der Waals surface area contributed by atoms with Crippen molar-refractivity contribution < 1.29 is 66.8 Å². The van der Waals surface area contributed by atoms with Gasteiger partial charge in [0, 0.05) is 67.1 Å². The predicted octanol–water partition coefficient (Wildman–Crippen LogP) is 8.25. The number of rotatable bonds is 27. The SMILES string of the molecule is C#CCCCC1CCC(=O)NC1=O.C#CCCCI.CC[C@@](O)(Cn1nncc1CCCC1CCC(=O)NC1=O)c1ccc(F)c(OCC2CC2)c1.CC[C@@](O)(Cn1nncc1CCCC1CCC(=O)NC1=O)c1ccc(F)c(OCC2CC2)c1.O=C1CCCC(=O)N1. The average Bonchev–Trinajstić information content (AvgIpc) is 1.75. The normalized spacial score (nSPS) is 19.8. The molecule has 6 heterocycles. The second-order valence-electron chi connectivity index (χ2n) is 24.5. The number of nitrogens with zero attached hydrogens (tertiary/aromatic N) is 6. The molecule has 2 aromatic heterocycles. The standard InChI is InChI=1S/2C24H31FN4O4.C10H13NO2.C5H7I.C5H7NO2/c2*1-2-24(32,18-9-10-20(25)21(12-18)33-14-16-6-7-16)15-29-19(13-26-28-29)5-3-4-17-8-11-22(30)27-23(17)31;1-2-3-4-5-8-6-7-9(12)11-10(8)13;1-2-3-4-5-6;7-4-2-1-3-5(8)6-4/h2*9-10,12-13,16-17,32H,2-8,11,14-15H2,1H3,(H,27,30,31);1,8H,3-7H2,(H,11,12,13);1H,3-5H2;1-3H2,(H,6,7,8)/t2*17?,24-;;;/m11.../s1. The van der Waals surface area contributed by atoms with Crippen molar-refractivity contribution >= 4 is 69.8 Å². The number of ether oxygens (including phenoxy) is 2. The third-order valence-electron chi connectivity index (χ3n) is 17.1. The summed E-state index contributed by atoms with van der Waals surface area (Å²) in [5.74, 6) is 3.83. The van der Waals surface area contributed by atoms with Crippen LogP contribution < -0.4 is 30.7 Å². The molecule has 0 spiro atoms. The van der Waals surface area contributed by atoms with Crippen molar-refractivity contribution in [2.45, 2.75) is 205 Å². The molecule has 4 aliphatic heterocycles. The van der Waals surface area contributed by atoms with Crippen LogP contribution in [0.5, 0.6) is 11.5 Å². The van der Waals surface area contributed by atoms with Crippen LogP contribution >= 0.6 is 22.6 Å². The Morgan fingerprint density at radius 2 is 0.935 bits per heavy atom. The smallest absolute Gasteiger partial charge is 0.229 e. The van der Waals surface area contributed by atoms with E-state index >= 15 is 0 Å². The lowest BCUT2D eigenvalue weighted by Gasteiger charge is -2.28. The highest BCUT2D eigenvalue weighted by Crippen LogP contribution is 2.36. The van der Waals surface area contributed by atoms with E-state index in [0.717, 1.165) is 75.6 Å². The average molecular weight is 1400 g/mol. The maximum absolute atomic E-state index is 14.2. The fourth-order valence-corrected chi connectivity index (χ4v) is 11.1. The second kappa shape index (κ2) is 38.0. The van der Waals surface area contributed by atoms with Crippen molar-refractivity contribution in [2.75, 3.05) is 17.6 Å². The number of terminal acetylenes is 2. The van der Waals surface area contributed by atoms with Gasteiger partial charge in [0.1, 0.15) is 11.2 Å². The van der Waals surface area contributed by atoms with Crippen LogP contribution in [0.2, 0.25) is 0 Å². The molecule has 8 amide bonds. The van der Waals surface area contributed by atoms with Crippen molar-refractivity contribution in [1.29, 1.82) is 0 Å². The van der Waals surface area contributed by atoms with E-state index in [9.17, 15) is 57.4 Å². The third kappa shape index (κ3) is 25.1. The maximum atomic E-state index is 14.2. The highest BCUT2D eigenvalue weighted by molar-refractivity contribution is 14.1. The summed E-state index contributed by atoms with van der Waals surface area (Å²) in [5, 5.41) is 48.5. The molecule has 3 unspecified atom stereocenters. The van der Waals surface area contributed by atoms with Crippen LogP contribution in [0, 0.1) is 65.9 Å². The monoisotopic (exact) mass is 1400 g/mol. The van der Waals surface area contributed by atoms with Crippen molar-refractivity contribution in [3.8, 4) is 36.2 Å². The lowest BCUT2D eigenvalue weighted by atomic mass is 9.90. The third-order valence-corrected chi connectivity index (χ3v) is 17.9. The zero-order valence-electron chi connectivity index (χ0n) is 53.4. The number of aliphatic hydroxyl groups is 2. The van der Waals surface area contributed by atoms with Crippen LogP contribution in [0.1, 0.15) is 190 Å². The number of halogens is 3. The van der Waals surface area contributed by atoms with Crippen LogP contribution in [0.3, 0.4) is 0 Å². The van der Waals surface area contributed by atoms with Gasteiger partial charge in [0.15, 0.2) is 23.1 Å². The van der Waals surface area contributed by atoms with Crippen LogP contribution in [0.4, 0.5) is 8.78 Å². The molecule has 2 aromatic carbocycles. The van der Waals surface area contributed by atoms with E-state index in [0.29, 0.717) is 139 Å². The van der Waals surface area contributed by atoms with Crippen LogP contribution in [0.25, 0.3) is 0 Å². The van der Waals surface area contributed by atoms with Crippen LogP contribution in [0.15, 0.2) is 48.8 Å². The minimum Gasteiger partial charge on any atom is -0.490 e. The van der Waals surface area contributed by atoms with Crippen LogP contribution in [-0.4, -0.2) is 105 Å². The van der Waals surface area contributed by atoms with E-state index in [1.807, 2.05) is 13.8 Å². The number of unbranched alkanes of at least 4 members (excludes halogenated alkanes) is 2. The van der Waals surface area contributed by atoms with Gasteiger partial charge < -0.3 is 19.7 Å². The summed E-state index contributed by atoms with van der Waals surface area (Å²) in [5.41, 5.74) is 0.307. The minimum atomic E-state index is -1.27. The second-order valence-corrected chi connectivity index (χ2v) is 25.6. The van der Waals surface area contributed by atoms with E-state index in [1.54, 1.807) is 46.0 Å². The quantitative estimate of drug-likeness (QED) is 0.0108. The molecule has 0 radical (unpaired) electrons. The number of carbonyl (C=O) groups excluding carboxylic acids is 8. The molecule has 93 heavy (non-hydrogen) atoms. The van der Waals surface area contributed by atoms with Crippen molar-refractivity contribution in [3.63, 3.8) is 0 Å². The Kier molecular flexibility index (Phi) is 30.5. The molecular formula is C68H89F2IN10O12. The first kappa shape index (κ1) is 74.5. The number of aryl methyl sites for hydroxylation is 2. The highest BCUT2D eigenvalue weighted by atomic mass is 127. The predicted molar refractivity (Wildman–Crippen MR) is 348 cm³/mol. The fourth-order valence-electron chi connectivity index (χ4n) is 10.7. The van der Waals surface area contributed by atoms with Crippen molar-refractivity contribution in [3.05, 3.63) is 82.9 Å². The van der Waals surface area contributed by atoms with Gasteiger partial charge in [0.05, 0.1) is 50.1 Å². The Morgan fingerprint density at radius 1 is 0.559 bits per heavy atom. The Labute approximate surface area is 556 Å². The van der Waals surface area contributed by atoms with E-state index in [1.165, 1.54) is 16.6 Å². The topological polar surface area (TPSA) is 305 Å². The van der Waals surface area contributed by atoms with E-state index in [-0.39, 0.29) is 89.6 Å². The largest absolute Gasteiger partial charge is 0.490 e. The summed E-state index contributed by atoms with van der Waals surface area (Å²) in [4.78, 5) is 89.2. The minimum absolute atomic E-state index is 0.00829. The van der Waals surface area contributed by atoms with Gasteiger partial charge in [0.2, 0.25) is 47.3 Å². The molecular weight excluding hydrogens is 1310 g/mol. The number of hydrogen-bond donors (Lipinski definition) is 6. The Hall–Kier alpha value is -7.49. The summed E-state index contributed by atoms with van der Waals surface area (Å²) in [6.45, 7) is 5.06. The van der Waals surface area contributed by atoms with Gasteiger partial charge in [-0.3, -0.25) is 59.6 Å². The number of amides is 8. The van der Waals surface area contributed by atoms with Gasteiger partial charge in [0.25, 0.3) is 0 Å².